The molecule has 0 aromatic carbocycles. The maximum absolute atomic E-state index is 11.5. The molecule has 4 heteroatoms. The fourth-order valence-electron chi connectivity index (χ4n) is 9.21. The Hall–Kier alpha value is -0.160. The standard InChI is InChI=1S/C27H46O4/c1-17(2)22(28)8-6-18-5-7-20-24-21(9-10-25(18,20)3)26(4)11-12-27(30-13-14-31-27)16-19(26)15-23(24)29/h17-24,28-29H,5-16H2,1-4H3/t18?,19-,20?,21?,22+,23+,24?,25+,26-/m0/s1. The molecule has 0 aromatic rings. The first-order chi connectivity index (χ1) is 14.7. The van der Waals surface area contributed by atoms with Crippen molar-refractivity contribution in [1.29, 1.82) is 0 Å². The number of aliphatic hydroxyl groups is 2. The summed E-state index contributed by atoms with van der Waals surface area (Å²) in [6, 6.07) is 0. The third kappa shape index (κ3) is 3.54. The molecule has 0 radical (unpaired) electrons. The van der Waals surface area contributed by atoms with Crippen molar-refractivity contribution in [2.45, 2.75) is 110 Å². The van der Waals surface area contributed by atoms with E-state index in [0.717, 1.165) is 45.3 Å². The SMILES string of the molecule is CC(C)[C@H](O)CCC1CCC2C3C(CC[C@]12C)[C@@]1(C)CCC2(C[C@@H]1C[C@H]3O)OCCO2. The predicted molar refractivity (Wildman–Crippen MR) is 121 cm³/mol. The van der Waals surface area contributed by atoms with Crippen molar-refractivity contribution in [1.82, 2.24) is 0 Å². The first-order valence-corrected chi connectivity index (χ1v) is 13.3. The van der Waals surface area contributed by atoms with E-state index in [2.05, 4.69) is 27.7 Å². The first kappa shape index (κ1) is 22.6. The van der Waals surface area contributed by atoms with Gasteiger partial charge in [0.05, 0.1) is 25.4 Å². The van der Waals surface area contributed by atoms with Crippen LogP contribution in [0.25, 0.3) is 0 Å². The van der Waals surface area contributed by atoms with E-state index >= 15 is 0 Å². The van der Waals surface area contributed by atoms with Crippen molar-refractivity contribution < 1.29 is 19.7 Å². The lowest BCUT2D eigenvalue weighted by molar-refractivity contribution is -0.242. The van der Waals surface area contributed by atoms with Crippen molar-refractivity contribution in [2.75, 3.05) is 13.2 Å². The number of aliphatic hydroxyl groups excluding tert-OH is 2. The van der Waals surface area contributed by atoms with Crippen LogP contribution in [-0.2, 0) is 9.47 Å². The third-order valence-electron chi connectivity index (χ3n) is 11.3. The number of ether oxygens (including phenoxy) is 2. The molecule has 4 nitrogen and oxygen atoms in total. The lowest BCUT2D eigenvalue weighted by atomic mass is 9.43. The van der Waals surface area contributed by atoms with Gasteiger partial charge in [-0.05, 0) is 97.7 Å². The van der Waals surface area contributed by atoms with Gasteiger partial charge in [0.2, 0.25) is 0 Å². The van der Waals surface area contributed by atoms with E-state index in [9.17, 15) is 10.2 Å². The summed E-state index contributed by atoms with van der Waals surface area (Å²) in [6.07, 6.45) is 11.0. The highest BCUT2D eigenvalue weighted by molar-refractivity contribution is 5.12. The summed E-state index contributed by atoms with van der Waals surface area (Å²) in [5.74, 6) is 2.96. The van der Waals surface area contributed by atoms with Crippen LogP contribution in [0.2, 0.25) is 0 Å². The molecule has 178 valence electrons. The Bertz CT molecular complexity index is 658. The third-order valence-corrected chi connectivity index (χ3v) is 11.3. The van der Waals surface area contributed by atoms with Gasteiger partial charge in [0.1, 0.15) is 0 Å². The van der Waals surface area contributed by atoms with Crippen LogP contribution in [0.1, 0.15) is 91.9 Å². The topological polar surface area (TPSA) is 58.9 Å². The molecule has 2 N–H and O–H groups in total. The summed E-state index contributed by atoms with van der Waals surface area (Å²) in [4.78, 5) is 0. The maximum Gasteiger partial charge on any atom is 0.168 e. The predicted octanol–water partition coefficient (Wildman–Crippen LogP) is 5.16. The molecule has 31 heavy (non-hydrogen) atoms. The molecule has 1 saturated heterocycles. The molecular weight excluding hydrogens is 388 g/mol. The zero-order valence-corrected chi connectivity index (χ0v) is 20.3. The summed E-state index contributed by atoms with van der Waals surface area (Å²) in [6.45, 7) is 10.8. The Morgan fingerprint density at radius 2 is 1.65 bits per heavy atom. The largest absolute Gasteiger partial charge is 0.393 e. The summed E-state index contributed by atoms with van der Waals surface area (Å²) >= 11 is 0. The summed E-state index contributed by atoms with van der Waals surface area (Å²) in [5.41, 5.74) is 0.660. The molecule has 4 aliphatic carbocycles. The number of hydrogen-bond acceptors (Lipinski definition) is 4. The minimum atomic E-state index is -0.352. The van der Waals surface area contributed by atoms with Crippen LogP contribution in [0.4, 0.5) is 0 Å². The Kier molecular flexibility index (Phi) is 5.81. The van der Waals surface area contributed by atoms with Gasteiger partial charge in [0, 0.05) is 12.8 Å². The van der Waals surface area contributed by atoms with Crippen molar-refractivity contribution in [3.8, 4) is 0 Å². The van der Waals surface area contributed by atoms with Gasteiger partial charge in [0.25, 0.3) is 0 Å². The molecule has 1 aliphatic heterocycles. The molecule has 0 amide bonds. The van der Waals surface area contributed by atoms with Gasteiger partial charge in [0.15, 0.2) is 5.79 Å². The number of hydrogen-bond donors (Lipinski definition) is 2. The molecule has 0 bridgehead atoms. The van der Waals surface area contributed by atoms with Gasteiger partial charge in [-0.3, -0.25) is 0 Å². The fraction of sp³-hybridized carbons (Fsp3) is 1.00. The van der Waals surface area contributed by atoms with Crippen molar-refractivity contribution >= 4 is 0 Å². The van der Waals surface area contributed by atoms with Gasteiger partial charge in [-0.2, -0.15) is 0 Å². The zero-order chi connectivity index (χ0) is 22.0. The molecule has 5 aliphatic rings. The molecule has 5 fully saturated rings. The van der Waals surface area contributed by atoms with Gasteiger partial charge < -0.3 is 19.7 Å². The van der Waals surface area contributed by atoms with Crippen molar-refractivity contribution in [3.63, 3.8) is 0 Å². The number of rotatable bonds is 4. The summed E-state index contributed by atoms with van der Waals surface area (Å²) in [5, 5.41) is 21.9. The summed E-state index contributed by atoms with van der Waals surface area (Å²) in [7, 11) is 0. The van der Waals surface area contributed by atoms with E-state index in [-0.39, 0.29) is 18.0 Å². The molecule has 4 unspecified atom stereocenters. The van der Waals surface area contributed by atoms with Crippen LogP contribution >= 0.6 is 0 Å². The van der Waals surface area contributed by atoms with E-state index < -0.39 is 0 Å². The molecule has 1 spiro atoms. The summed E-state index contributed by atoms with van der Waals surface area (Å²) < 4.78 is 12.2. The molecule has 4 saturated carbocycles. The van der Waals surface area contributed by atoms with Crippen LogP contribution in [0, 0.1) is 46.3 Å². The minimum absolute atomic E-state index is 0.173. The Morgan fingerprint density at radius 1 is 0.935 bits per heavy atom. The van der Waals surface area contributed by atoms with Crippen LogP contribution < -0.4 is 0 Å². The maximum atomic E-state index is 11.5. The Balaban J connectivity index is 1.33. The monoisotopic (exact) mass is 434 g/mol. The van der Waals surface area contributed by atoms with E-state index in [0.29, 0.717) is 46.3 Å². The van der Waals surface area contributed by atoms with Gasteiger partial charge in [-0.15, -0.1) is 0 Å². The van der Waals surface area contributed by atoms with Gasteiger partial charge >= 0.3 is 0 Å². The Labute approximate surface area is 189 Å². The van der Waals surface area contributed by atoms with Crippen LogP contribution in [-0.4, -0.2) is 41.4 Å². The van der Waals surface area contributed by atoms with Crippen LogP contribution in [0.3, 0.4) is 0 Å². The van der Waals surface area contributed by atoms with E-state index in [4.69, 9.17) is 9.47 Å². The molecule has 1 heterocycles. The van der Waals surface area contributed by atoms with Gasteiger partial charge in [-0.25, -0.2) is 0 Å². The highest BCUT2D eigenvalue weighted by atomic mass is 16.7. The van der Waals surface area contributed by atoms with E-state index in [1.807, 2.05) is 0 Å². The zero-order valence-electron chi connectivity index (χ0n) is 20.3. The number of fused-ring (bicyclic) bond motifs is 5. The van der Waals surface area contributed by atoms with Gasteiger partial charge in [-0.1, -0.05) is 27.7 Å². The highest BCUT2D eigenvalue weighted by Gasteiger charge is 2.64. The smallest absolute Gasteiger partial charge is 0.168 e. The molecule has 5 rings (SSSR count). The van der Waals surface area contributed by atoms with Crippen molar-refractivity contribution in [3.05, 3.63) is 0 Å². The first-order valence-electron chi connectivity index (χ1n) is 13.3. The normalized spacial score (nSPS) is 49.6. The average molecular weight is 435 g/mol. The lowest BCUT2D eigenvalue weighted by Crippen LogP contribution is -2.60. The second kappa shape index (κ2) is 7.96. The van der Waals surface area contributed by atoms with Crippen molar-refractivity contribution in [2.24, 2.45) is 46.3 Å². The lowest BCUT2D eigenvalue weighted by Gasteiger charge is -2.63. The van der Waals surface area contributed by atoms with Crippen LogP contribution in [0.5, 0.6) is 0 Å². The van der Waals surface area contributed by atoms with E-state index in [1.165, 1.54) is 32.1 Å². The highest BCUT2D eigenvalue weighted by Crippen LogP contribution is 2.68. The minimum Gasteiger partial charge on any atom is -0.393 e. The van der Waals surface area contributed by atoms with E-state index in [1.54, 1.807) is 0 Å². The second-order valence-corrected chi connectivity index (χ2v) is 12.8. The Morgan fingerprint density at radius 3 is 2.35 bits per heavy atom. The molecule has 9 atom stereocenters. The average Bonchev–Trinajstić information content (AvgIpc) is 3.32. The van der Waals surface area contributed by atoms with Crippen LogP contribution in [0.15, 0.2) is 0 Å². The second-order valence-electron chi connectivity index (χ2n) is 12.8. The quantitative estimate of drug-likeness (QED) is 0.642. The fourth-order valence-corrected chi connectivity index (χ4v) is 9.21. The molecule has 0 aromatic heterocycles. The molecular formula is C27H46O4.